The fourth-order valence-electron chi connectivity index (χ4n) is 10.6. The van der Waals surface area contributed by atoms with E-state index in [4.69, 9.17) is 0 Å². The topological polar surface area (TPSA) is 0 Å². The molecule has 4 fully saturated rings. The number of hydrogen-bond donors (Lipinski definition) is 0. The Bertz CT molecular complexity index is 1990. The maximum absolute atomic E-state index is 3.88. The van der Waals surface area contributed by atoms with Crippen LogP contribution in [0.15, 0.2) is 97.1 Å². The molecular formula is C53H62Cl2Zr-2. The van der Waals surface area contributed by atoms with E-state index < -0.39 is 0 Å². The average Bonchev–Trinajstić information content (AvgIpc) is 3.72. The summed E-state index contributed by atoms with van der Waals surface area (Å²) >= 11 is 1.55. The average molecular weight is 861 g/mol. The second-order valence-electron chi connectivity index (χ2n) is 19.7. The van der Waals surface area contributed by atoms with E-state index in [0.29, 0.717) is 5.41 Å². The van der Waals surface area contributed by atoms with E-state index in [1.165, 1.54) is 90.1 Å². The van der Waals surface area contributed by atoms with Gasteiger partial charge in [-0.3, -0.25) is 0 Å². The van der Waals surface area contributed by atoms with Crippen molar-refractivity contribution < 1.29 is 49.0 Å². The molecule has 10 rings (SSSR count). The van der Waals surface area contributed by atoms with Crippen molar-refractivity contribution in [3.63, 3.8) is 0 Å². The summed E-state index contributed by atoms with van der Waals surface area (Å²) in [5, 5.41) is 0. The van der Waals surface area contributed by atoms with Crippen LogP contribution in [0.2, 0.25) is 0 Å². The van der Waals surface area contributed by atoms with E-state index in [9.17, 15) is 0 Å². The van der Waals surface area contributed by atoms with Gasteiger partial charge in [-0.25, -0.2) is 6.07 Å². The molecule has 0 amide bonds. The van der Waals surface area contributed by atoms with Crippen LogP contribution in [-0.2, 0) is 46.9 Å². The van der Waals surface area contributed by atoms with Gasteiger partial charge in [-0.1, -0.05) is 150 Å². The van der Waals surface area contributed by atoms with Gasteiger partial charge in [-0.05, 0) is 95.3 Å². The number of rotatable bonds is 3. The van der Waals surface area contributed by atoms with Crippen LogP contribution in [-0.4, -0.2) is 3.21 Å². The molecule has 0 unspecified atom stereocenters. The maximum atomic E-state index is 3.88. The molecule has 0 atom stereocenters. The zero-order chi connectivity index (χ0) is 38.6. The minimum Gasteiger partial charge on any atom is -1.00 e. The molecule has 0 aromatic heterocycles. The monoisotopic (exact) mass is 858 g/mol. The van der Waals surface area contributed by atoms with E-state index in [1.807, 2.05) is 0 Å². The molecule has 0 heterocycles. The van der Waals surface area contributed by atoms with Crippen molar-refractivity contribution in [3.05, 3.63) is 137 Å². The molecule has 0 aliphatic heterocycles. The van der Waals surface area contributed by atoms with Gasteiger partial charge in [-0.2, -0.15) is 23.3 Å². The zero-order valence-corrected chi connectivity index (χ0v) is 39.5. The summed E-state index contributed by atoms with van der Waals surface area (Å²) in [7, 11) is 0. The largest absolute Gasteiger partial charge is 1.00 e. The molecule has 5 aromatic rings. The Morgan fingerprint density at radius 2 is 1.18 bits per heavy atom. The molecule has 56 heavy (non-hydrogen) atoms. The Morgan fingerprint density at radius 3 is 1.66 bits per heavy atom. The zero-order valence-electron chi connectivity index (χ0n) is 35.5. The molecule has 4 bridgehead atoms. The third-order valence-electron chi connectivity index (χ3n) is 13.2. The normalized spacial score (nSPS) is 22.6. The predicted molar refractivity (Wildman–Crippen MR) is 229 cm³/mol. The second kappa shape index (κ2) is 17.4. The van der Waals surface area contributed by atoms with Crippen molar-refractivity contribution in [3.8, 4) is 33.4 Å². The third-order valence-corrected chi connectivity index (χ3v) is 13.2. The number of hydrogen-bond acceptors (Lipinski definition) is 0. The molecule has 5 aliphatic rings. The van der Waals surface area contributed by atoms with Gasteiger partial charge in [0, 0.05) is 0 Å². The van der Waals surface area contributed by atoms with Crippen molar-refractivity contribution in [2.75, 3.05) is 0 Å². The molecule has 3 heteroatoms. The molecule has 0 N–H and O–H groups in total. The Hall–Kier alpha value is -2.44. The van der Waals surface area contributed by atoms with Gasteiger partial charge in [0.15, 0.2) is 0 Å². The summed E-state index contributed by atoms with van der Waals surface area (Å²) in [5.41, 5.74) is 17.1. The van der Waals surface area contributed by atoms with Crippen LogP contribution in [0.4, 0.5) is 0 Å². The third kappa shape index (κ3) is 9.07. The van der Waals surface area contributed by atoms with Crippen molar-refractivity contribution in [1.82, 2.24) is 0 Å². The van der Waals surface area contributed by atoms with Gasteiger partial charge in [0.05, 0.1) is 0 Å². The first-order valence-electron chi connectivity index (χ1n) is 20.7. The minimum atomic E-state index is 0. The molecular weight excluding hydrogens is 799 g/mol. The summed E-state index contributed by atoms with van der Waals surface area (Å²) < 4.78 is 1.51. The summed E-state index contributed by atoms with van der Waals surface area (Å²) in [6.45, 7) is 23.0. The van der Waals surface area contributed by atoms with E-state index in [2.05, 4.69) is 172 Å². The van der Waals surface area contributed by atoms with E-state index >= 15 is 0 Å². The Balaban J connectivity index is 0.000000218. The predicted octanol–water partition coefficient (Wildman–Crippen LogP) is 8.17. The van der Waals surface area contributed by atoms with Gasteiger partial charge in [0.25, 0.3) is 0 Å². The first-order valence-corrected chi connectivity index (χ1v) is 21.9. The van der Waals surface area contributed by atoms with Crippen LogP contribution < -0.4 is 24.8 Å². The maximum Gasteiger partial charge on any atom is -0.0407 e. The number of fused-ring (bicyclic) bond motifs is 3. The van der Waals surface area contributed by atoms with Crippen LogP contribution in [0, 0.1) is 36.7 Å². The summed E-state index contributed by atoms with van der Waals surface area (Å²) in [6, 6.07) is 40.0. The summed E-state index contributed by atoms with van der Waals surface area (Å²) in [5.74, 6) is 4.14. The molecule has 0 radical (unpaired) electrons. The first-order chi connectivity index (χ1) is 25.5. The molecule has 0 spiro atoms. The Labute approximate surface area is 367 Å². The quantitative estimate of drug-likeness (QED) is 0.158. The van der Waals surface area contributed by atoms with Gasteiger partial charge in [0.2, 0.25) is 0 Å². The van der Waals surface area contributed by atoms with Crippen LogP contribution in [0.1, 0.15) is 128 Å². The first kappa shape index (κ1) is 44.7. The van der Waals surface area contributed by atoms with E-state index in [0.717, 1.165) is 30.1 Å². The fourth-order valence-corrected chi connectivity index (χ4v) is 10.6. The number of benzene rings is 4. The van der Waals surface area contributed by atoms with Gasteiger partial charge in [0.1, 0.15) is 0 Å². The van der Waals surface area contributed by atoms with Crippen molar-refractivity contribution in [2.24, 2.45) is 23.7 Å². The van der Waals surface area contributed by atoms with Gasteiger partial charge >= 0.3 is 41.3 Å². The Kier molecular flexibility index (Phi) is 13.9. The van der Waals surface area contributed by atoms with Crippen LogP contribution in [0.25, 0.3) is 33.4 Å². The van der Waals surface area contributed by atoms with Crippen molar-refractivity contribution in [1.29, 1.82) is 0 Å². The molecule has 5 aliphatic carbocycles. The van der Waals surface area contributed by atoms with Crippen LogP contribution in [0.3, 0.4) is 0 Å². The minimum absolute atomic E-state index is 0. The van der Waals surface area contributed by atoms with Crippen LogP contribution >= 0.6 is 0 Å². The number of halogens is 2. The molecule has 4 saturated carbocycles. The summed E-state index contributed by atoms with van der Waals surface area (Å²) in [6.07, 6.45) is 8.59. The van der Waals surface area contributed by atoms with E-state index in [-0.39, 0.29) is 35.6 Å². The molecule has 0 nitrogen and oxygen atoms in total. The standard InChI is InChI=1S/C33H33.C17H23.C3H6.2ClH.Zr/c1-32(2,3)30-20-26-24(18-28(30)22-13-9-7-10-14-22)17-25-19-29(23-15-11-8-12-16-23)31(21-27(25)26)33(4,5)6;1-11-3-4-14(5-11)17(2)15-7-12-6-13(9-15)10-16(17)8-12;1-3-2;;;/h7-16,18,20-21H,17H2,1-6H3;3-5,12-13,15-16H,6-10H2,1-2H3;1-2H3;2*1H;/q2*-1;;;;+2/p-2. The van der Waals surface area contributed by atoms with Crippen LogP contribution in [0.5, 0.6) is 0 Å². The van der Waals surface area contributed by atoms with Gasteiger partial charge < -0.3 is 24.8 Å². The summed E-state index contributed by atoms with van der Waals surface area (Å²) in [4.78, 5) is 0. The number of aryl methyl sites for hydroxylation is 1. The van der Waals surface area contributed by atoms with E-state index in [1.54, 1.807) is 36.2 Å². The van der Waals surface area contributed by atoms with Gasteiger partial charge in [-0.15, -0.1) is 28.8 Å². The molecule has 5 aromatic carbocycles. The van der Waals surface area contributed by atoms with Crippen molar-refractivity contribution in [2.45, 2.75) is 124 Å². The second-order valence-corrected chi connectivity index (χ2v) is 22.1. The Morgan fingerprint density at radius 1 is 0.679 bits per heavy atom. The fraction of sp³-hybridized carbons (Fsp3) is 0.434. The molecule has 294 valence electrons. The SMILES string of the molecule is CC(C)(C)c1cc2c([c-]c1-c1ccccc1)Cc1cc(-c3ccccc3)c(C(C)(C)C)cc1-2.C[C](C)=[Zr+2].Cc1cc(C2(C)C3CC4CC(C3)CC2C4)c[cH-]1.[Cl-].[Cl-]. The smallest absolute Gasteiger partial charge is 0.0407 e. The molecule has 0 saturated heterocycles. The van der Waals surface area contributed by atoms with Crippen molar-refractivity contribution >= 4 is 3.21 Å².